The molecule has 2 spiro atoms. The van der Waals surface area contributed by atoms with E-state index in [-0.39, 0.29) is 11.4 Å². The fraction of sp³-hybridized carbons (Fsp3) is 0.379. The van der Waals surface area contributed by atoms with Crippen molar-refractivity contribution in [2.24, 2.45) is 23.7 Å². The average molecular weight is 440 g/mol. The Hall–Kier alpha value is -2.69. The highest BCUT2D eigenvalue weighted by Gasteiger charge is 2.77. The molecule has 2 aliphatic heterocycles. The van der Waals surface area contributed by atoms with Crippen LogP contribution in [0.3, 0.4) is 0 Å². The van der Waals surface area contributed by atoms with Gasteiger partial charge in [-0.1, -0.05) is 36.4 Å². The highest BCUT2D eigenvalue weighted by Crippen LogP contribution is 2.73. The van der Waals surface area contributed by atoms with Crippen molar-refractivity contribution in [1.82, 2.24) is 0 Å². The van der Waals surface area contributed by atoms with Crippen molar-refractivity contribution in [1.29, 1.82) is 0 Å². The number of para-hydroxylation sites is 2. The first-order chi connectivity index (χ1) is 16.2. The molecule has 0 amide bonds. The van der Waals surface area contributed by atoms with Crippen LogP contribution in [-0.4, -0.2) is 5.60 Å². The zero-order valence-corrected chi connectivity index (χ0v) is 18.4. The Morgan fingerprint density at radius 3 is 1.73 bits per heavy atom. The topological polar surface area (TPSA) is 21.7 Å². The van der Waals surface area contributed by atoms with E-state index < -0.39 is 5.60 Å². The molecular weight excluding hydrogens is 413 g/mol. The number of nitrogens with zero attached hydrogens (tertiary/aromatic N) is 1. The minimum Gasteiger partial charge on any atom is -0.310 e. The van der Waals surface area contributed by atoms with Gasteiger partial charge in [0.15, 0.2) is 5.60 Å². The van der Waals surface area contributed by atoms with Crippen LogP contribution in [0.15, 0.2) is 72.8 Å². The molecule has 3 nitrogen and oxygen atoms in total. The van der Waals surface area contributed by atoms with Gasteiger partial charge < -0.3 is 4.90 Å². The van der Waals surface area contributed by atoms with Crippen LogP contribution in [0.1, 0.15) is 43.2 Å². The van der Waals surface area contributed by atoms with Crippen molar-refractivity contribution >= 4 is 17.1 Å². The van der Waals surface area contributed by atoms with Crippen molar-refractivity contribution in [2.45, 2.75) is 43.3 Å². The molecule has 33 heavy (non-hydrogen) atoms. The van der Waals surface area contributed by atoms with Gasteiger partial charge in [-0.3, -0.25) is 0 Å². The molecule has 4 aliphatic carbocycles. The maximum absolute atomic E-state index is 13.8. The van der Waals surface area contributed by atoms with Crippen LogP contribution >= 0.6 is 0 Å². The summed E-state index contributed by atoms with van der Waals surface area (Å²) in [6.45, 7) is 0. The standard InChI is InChI=1S/C29H26FNO2/c30-22-9-11-23(12-10-22)31-26-7-3-1-5-24(26)29(25-6-2-4-8-27(25)31)28(32-33-29)20-14-18-13-19(16-20)17-21(28)15-18/h1-12,18-21H,13-17H2. The van der Waals surface area contributed by atoms with Crippen LogP contribution < -0.4 is 4.90 Å². The van der Waals surface area contributed by atoms with E-state index in [1.165, 1.54) is 55.4 Å². The first kappa shape index (κ1) is 18.7. The van der Waals surface area contributed by atoms with Gasteiger partial charge in [-0.15, -0.1) is 0 Å². The summed E-state index contributed by atoms with van der Waals surface area (Å²) in [6, 6.07) is 24.0. The number of hydrogen-bond donors (Lipinski definition) is 0. The molecule has 3 aromatic rings. The molecule has 0 aromatic heterocycles. The van der Waals surface area contributed by atoms with Gasteiger partial charge in [0.2, 0.25) is 0 Å². The molecule has 5 fully saturated rings. The maximum atomic E-state index is 13.8. The number of hydrogen-bond acceptors (Lipinski definition) is 3. The molecule has 2 heterocycles. The molecule has 0 unspecified atom stereocenters. The summed E-state index contributed by atoms with van der Waals surface area (Å²) in [7, 11) is 0. The van der Waals surface area contributed by atoms with E-state index in [9.17, 15) is 4.39 Å². The van der Waals surface area contributed by atoms with Gasteiger partial charge in [0.1, 0.15) is 11.4 Å². The third-order valence-corrected chi connectivity index (χ3v) is 9.34. The second-order valence-electron chi connectivity index (χ2n) is 10.8. The van der Waals surface area contributed by atoms with Crippen molar-refractivity contribution < 1.29 is 14.2 Å². The Kier molecular flexibility index (Phi) is 3.54. The lowest BCUT2D eigenvalue weighted by Crippen LogP contribution is -2.76. The van der Waals surface area contributed by atoms with Gasteiger partial charge in [0, 0.05) is 16.8 Å². The second kappa shape index (κ2) is 6.25. The van der Waals surface area contributed by atoms with E-state index in [1.54, 1.807) is 0 Å². The quantitative estimate of drug-likeness (QED) is 0.381. The second-order valence-corrected chi connectivity index (χ2v) is 10.8. The summed E-state index contributed by atoms with van der Waals surface area (Å²) in [5.41, 5.74) is 4.59. The molecule has 1 saturated heterocycles. The highest BCUT2D eigenvalue weighted by atomic mass is 19.1. The number of anilines is 3. The van der Waals surface area contributed by atoms with Gasteiger partial charge in [0.25, 0.3) is 0 Å². The Morgan fingerprint density at radius 2 is 1.21 bits per heavy atom. The van der Waals surface area contributed by atoms with Crippen LogP contribution in [0, 0.1) is 29.5 Å². The van der Waals surface area contributed by atoms with Crippen molar-refractivity contribution in [3.8, 4) is 0 Å². The monoisotopic (exact) mass is 439 g/mol. The average Bonchev–Trinajstić information content (AvgIpc) is 2.82. The van der Waals surface area contributed by atoms with Gasteiger partial charge >= 0.3 is 0 Å². The van der Waals surface area contributed by atoms with Crippen LogP contribution in [0.4, 0.5) is 21.5 Å². The van der Waals surface area contributed by atoms with E-state index in [0.717, 1.165) is 28.9 Å². The molecule has 6 aliphatic rings. The molecule has 166 valence electrons. The third kappa shape index (κ3) is 2.13. The highest BCUT2D eigenvalue weighted by molar-refractivity contribution is 5.86. The summed E-state index contributed by atoms with van der Waals surface area (Å²) in [6.07, 6.45) is 6.42. The van der Waals surface area contributed by atoms with Crippen molar-refractivity contribution in [3.05, 3.63) is 89.7 Å². The van der Waals surface area contributed by atoms with Crippen molar-refractivity contribution in [3.63, 3.8) is 0 Å². The Labute approximate surface area is 193 Å². The Balaban J connectivity index is 1.39. The minimum atomic E-state index is -0.598. The van der Waals surface area contributed by atoms with Gasteiger partial charge in [0.05, 0.1) is 11.4 Å². The lowest BCUT2D eigenvalue weighted by atomic mass is 9.44. The lowest BCUT2D eigenvalue weighted by molar-refractivity contribution is -0.583. The smallest absolute Gasteiger partial charge is 0.190 e. The first-order valence-electron chi connectivity index (χ1n) is 12.3. The molecule has 3 aromatic carbocycles. The van der Waals surface area contributed by atoms with Crippen LogP contribution in [0.25, 0.3) is 0 Å². The van der Waals surface area contributed by atoms with Crippen molar-refractivity contribution in [2.75, 3.05) is 4.90 Å². The summed E-state index contributed by atoms with van der Waals surface area (Å²) in [5, 5.41) is 0. The molecule has 4 bridgehead atoms. The molecule has 4 saturated carbocycles. The molecule has 4 heteroatoms. The zero-order valence-electron chi connectivity index (χ0n) is 18.4. The van der Waals surface area contributed by atoms with E-state index in [0.29, 0.717) is 11.8 Å². The van der Waals surface area contributed by atoms with E-state index in [1.807, 2.05) is 12.1 Å². The predicted octanol–water partition coefficient (Wildman–Crippen LogP) is 7.01. The zero-order chi connectivity index (χ0) is 21.8. The fourth-order valence-corrected chi connectivity index (χ4v) is 8.40. The van der Waals surface area contributed by atoms with Crippen LogP contribution in [-0.2, 0) is 15.4 Å². The van der Waals surface area contributed by atoms with Crippen LogP contribution in [0.5, 0.6) is 0 Å². The van der Waals surface area contributed by atoms with E-state index in [4.69, 9.17) is 9.78 Å². The number of fused-ring (bicyclic) bond motifs is 4. The van der Waals surface area contributed by atoms with E-state index >= 15 is 0 Å². The fourth-order valence-electron chi connectivity index (χ4n) is 8.40. The Morgan fingerprint density at radius 1 is 0.667 bits per heavy atom. The number of benzene rings is 3. The largest absolute Gasteiger partial charge is 0.310 e. The molecule has 0 N–H and O–H groups in total. The summed E-state index contributed by atoms with van der Waals surface area (Å²) >= 11 is 0. The SMILES string of the molecule is Fc1ccc(N2c3ccccc3C3(OOC34C3CC5CC(C3)CC4C5)c3ccccc32)cc1. The summed E-state index contributed by atoms with van der Waals surface area (Å²) < 4.78 is 13.8. The van der Waals surface area contributed by atoms with Gasteiger partial charge in [-0.2, -0.15) is 0 Å². The maximum Gasteiger partial charge on any atom is 0.190 e. The van der Waals surface area contributed by atoms with E-state index in [2.05, 4.69) is 53.4 Å². The number of halogens is 1. The minimum absolute atomic E-state index is 0.225. The predicted molar refractivity (Wildman–Crippen MR) is 124 cm³/mol. The number of rotatable bonds is 1. The van der Waals surface area contributed by atoms with Crippen LogP contribution in [0.2, 0.25) is 0 Å². The Bertz CT molecular complexity index is 1190. The molecular formula is C29H26FNO2. The van der Waals surface area contributed by atoms with Gasteiger partial charge in [-0.05, 0) is 92.2 Å². The molecule has 0 atom stereocenters. The third-order valence-electron chi connectivity index (χ3n) is 9.34. The normalized spacial score (nSPS) is 34.3. The molecule has 9 rings (SSSR count). The first-order valence-corrected chi connectivity index (χ1v) is 12.3. The lowest BCUT2D eigenvalue weighted by Gasteiger charge is -2.71. The van der Waals surface area contributed by atoms with Gasteiger partial charge in [-0.25, -0.2) is 14.2 Å². The molecule has 0 radical (unpaired) electrons. The summed E-state index contributed by atoms with van der Waals surface area (Å²) in [5.74, 6) is 2.53. The summed E-state index contributed by atoms with van der Waals surface area (Å²) in [4.78, 5) is 15.1.